The number of hydrogen-bond acceptors (Lipinski definition) is 4. The third-order valence-corrected chi connectivity index (χ3v) is 4.13. The first-order chi connectivity index (χ1) is 10.3. The van der Waals surface area contributed by atoms with Crippen molar-refractivity contribution < 1.29 is 13.9 Å². The predicted molar refractivity (Wildman–Crippen MR) is 81.3 cm³/mol. The lowest BCUT2D eigenvalue weighted by molar-refractivity contribution is 0.0106. The summed E-state index contributed by atoms with van der Waals surface area (Å²) < 4.78 is 18.5. The Balaban J connectivity index is 1.70. The van der Waals surface area contributed by atoms with Gasteiger partial charge in [0.1, 0.15) is 17.2 Å². The van der Waals surface area contributed by atoms with E-state index >= 15 is 0 Å². The van der Waals surface area contributed by atoms with Gasteiger partial charge in [0.05, 0.1) is 11.7 Å². The summed E-state index contributed by atoms with van der Waals surface area (Å²) in [5.41, 5.74) is -0.626. The highest BCUT2D eigenvalue weighted by Crippen LogP contribution is 2.45. The zero-order valence-electron chi connectivity index (χ0n) is 13.3. The molecule has 5 nitrogen and oxygen atoms in total. The number of anilines is 1. The number of piperazine rings is 1. The maximum atomic E-state index is 13.0. The quantitative estimate of drug-likeness (QED) is 0.800. The van der Waals surface area contributed by atoms with E-state index in [9.17, 15) is 9.18 Å². The van der Waals surface area contributed by atoms with Gasteiger partial charge in [0.15, 0.2) is 0 Å². The molecule has 22 heavy (non-hydrogen) atoms. The molecule has 2 fully saturated rings. The Morgan fingerprint density at radius 1 is 1.32 bits per heavy atom. The second kappa shape index (κ2) is 5.11. The average Bonchev–Trinajstić information content (AvgIpc) is 3.17. The summed E-state index contributed by atoms with van der Waals surface area (Å²) in [6.07, 6.45) is 2.94. The van der Waals surface area contributed by atoms with Crippen molar-refractivity contribution in [2.24, 2.45) is 0 Å². The van der Waals surface area contributed by atoms with Gasteiger partial charge in [-0.3, -0.25) is 4.90 Å². The topological polar surface area (TPSA) is 45.7 Å². The molecule has 2 heterocycles. The summed E-state index contributed by atoms with van der Waals surface area (Å²) in [6.45, 7) is 7.65. The molecule has 0 bridgehead atoms. The fraction of sp³-hybridized carbons (Fsp3) is 0.625. The van der Waals surface area contributed by atoms with E-state index in [-0.39, 0.29) is 17.4 Å². The summed E-state index contributed by atoms with van der Waals surface area (Å²) >= 11 is 0. The van der Waals surface area contributed by atoms with Crippen LogP contribution in [0.25, 0.3) is 0 Å². The molecule has 1 saturated carbocycles. The predicted octanol–water partition coefficient (Wildman–Crippen LogP) is 2.81. The van der Waals surface area contributed by atoms with Crippen molar-refractivity contribution in [1.29, 1.82) is 0 Å². The molecule has 1 spiro atoms. The van der Waals surface area contributed by atoms with Crippen LogP contribution in [0.5, 0.6) is 0 Å². The number of aromatic nitrogens is 1. The summed E-state index contributed by atoms with van der Waals surface area (Å²) in [7, 11) is 0. The summed E-state index contributed by atoms with van der Waals surface area (Å²) in [4.78, 5) is 20.5. The van der Waals surface area contributed by atoms with E-state index in [0.717, 1.165) is 25.2 Å². The van der Waals surface area contributed by atoms with E-state index < -0.39 is 5.60 Å². The third-order valence-electron chi connectivity index (χ3n) is 4.13. The second-order valence-electron chi connectivity index (χ2n) is 7.11. The largest absolute Gasteiger partial charge is 0.444 e. The fourth-order valence-electron chi connectivity index (χ4n) is 2.90. The lowest BCUT2D eigenvalue weighted by Gasteiger charge is -2.42. The minimum Gasteiger partial charge on any atom is -0.444 e. The molecule has 1 aliphatic carbocycles. The number of carbonyl (C=O) groups is 1. The first-order valence-corrected chi connectivity index (χ1v) is 7.66. The molecule has 120 valence electrons. The highest BCUT2D eigenvalue weighted by molar-refractivity contribution is 5.70. The lowest BCUT2D eigenvalue weighted by atomic mass is 10.1. The van der Waals surface area contributed by atoms with Crippen molar-refractivity contribution in [2.45, 2.75) is 44.8 Å². The third kappa shape index (κ3) is 3.00. The molecule has 6 heteroatoms. The molecule has 0 aromatic carbocycles. The van der Waals surface area contributed by atoms with Gasteiger partial charge in [-0.05, 0) is 45.7 Å². The van der Waals surface area contributed by atoms with Crippen LogP contribution in [0.3, 0.4) is 0 Å². The van der Waals surface area contributed by atoms with Crippen LogP contribution in [0.4, 0.5) is 15.0 Å². The Bertz CT molecular complexity index is 564. The first-order valence-electron chi connectivity index (χ1n) is 7.66. The summed E-state index contributed by atoms with van der Waals surface area (Å²) in [5, 5.41) is 0. The van der Waals surface area contributed by atoms with Gasteiger partial charge in [-0.1, -0.05) is 0 Å². The van der Waals surface area contributed by atoms with Crippen molar-refractivity contribution in [1.82, 2.24) is 9.88 Å². The normalized spacial score (nSPS) is 20.2. The molecule has 1 aromatic heterocycles. The van der Waals surface area contributed by atoms with Gasteiger partial charge in [0.2, 0.25) is 0 Å². The van der Waals surface area contributed by atoms with Crippen LogP contribution < -0.4 is 4.90 Å². The van der Waals surface area contributed by atoms with E-state index in [1.165, 1.54) is 12.3 Å². The van der Waals surface area contributed by atoms with Crippen molar-refractivity contribution in [2.75, 3.05) is 24.5 Å². The number of amides is 1. The zero-order chi connectivity index (χ0) is 16.0. The SMILES string of the molecule is CC(C)(C)OC(=O)N1CCN(c2ccc(F)cn2)CC12CC2. The van der Waals surface area contributed by atoms with Gasteiger partial charge in [-0.25, -0.2) is 14.2 Å². The molecular weight excluding hydrogens is 285 g/mol. The van der Waals surface area contributed by atoms with Crippen LogP contribution in [-0.4, -0.2) is 46.8 Å². The van der Waals surface area contributed by atoms with Crippen molar-refractivity contribution in [3.05, 3.63) is 24.1 Å². The van der Waals surface area contributed by atoms with Crippen molar-refractivity contribution in [3.63, 3.8) is 0 Å². The molecule has 0 radical (unpaired) electrons. The maximum Gasteiger partial charge on any atom is 0.410 e. The number of pyridine rings is 1. The number of nitrogens with zero attached hydrogens (tertiary/aromatic N) is 3. The summed E-state index contributed by atoms with van der Waals surface area (Å²) in [5.74, 6) is 0.425. The highest BCUT2D eigenvalue weighted by atomic mass is 19.1. The smallest absolute Gasteiger partial charge is 0.410 e. The van der Waals surface area contributed by atoms with Crippen LogP contribution in [0.2, 0.25) is 0 Å². The standard InChI is InChI=1S/C16H22FN3O2/c1-15(2,3)22-14(21)20-9-8-19(11-16(20)6-7-16)13-5-4-12(17)10-18-13/h4-5,10H,6-9,11H2,1-3H3. The Morgan fingerprint density at radius 3 is 2.59 bits per heavy atom. The maximum absolute atomic E-state index is 13.0. The number of carbonyl (C=O) groups excluding carboxylic acids is 1. The van der Waals surface area contributed by atoms with E-state index in [4.69, 9.17) is 4.74 Å². The van der Waals surface area contributed by atoms with Gasteiger partial charge in [0.25, 0.3) is 0 Å². The monoisotopic (exact) mass is 307 g/mol. The molecule has 0 N–H and O–H groups in total. The fourth-order valence-corrected chi connectivity index (χ4v) is 2.90. The minimum atomic E-state index is -0.483. The molecule has 3 rings (SSSR count). The van der Waals surface area contributed by atoms with E-state index in [1.54, 1.807) is 6.07 Å². The van der Waals surface area contributed by atoms with Crippen LogP contribution in [0.1, 0.15) is 33.6 Å². The summed E-state index contributed by atoms with van der Waals surface area (Å²) in [6, 6.07) is 3.11. The molecule has 1 amide bonds. The Kier molecular flexibility index (Phi) is 3.50. The Hall–Kier alpha value is -1.85. The van der Waals surface area contributed by atoms with Crippen molar-refractivity contribution in [3.8, 4) is 0 Å². The molecule has 1 aromatic rings. The Morgan fingerprint density at radius 2 is 2.05 bits per heavy atom. The van der Waals surface area contributed by atoms with E-state index in [2.05, 4.69) is 9.88 Å². The number of ether oxygens (including phenoxy) is 1. The number of hydrogen-bond donors (Lipinski definition) is 0. The van der Waals surface area contributed by atoms with Gasteiger partial charge < -0.3 is 9.64 Å². The first kappa shape index (κ1) is 15.1. The van der Waals surface area contributed by atoms with Gasteiger partial charge in [0, 0.05) is 19.6 Å². The van der Waals surface area contributed by atoms with Crippen LogP contribution in [0.15, 0.2) is 18.3 Å². The Labute approximate surface area is 130 Å². The zero-order valence-corrected chi connectivity index (χ0v) is 13.3. The molecule has 1 aliphatic heterocycles. The van der Waals surface area contributed by atoms with Gasteiger partial charge in [-0.2, -0.15) is 0 Å². The van der Waals surface area contributed by atoms with Gasteiger partial charge >= 0.3 is 6.09 Å². The van der Waals surface area contributed by atoms with Crippen LogP contribution >= 0.6 is 0 Å². The molecule has 0 atom stereocenters. The van der Waals surface area contributed by atoms with Crippen LogP contribution in [0, 0.1) is 5.82 Å². The minimum absolute atomic E-state index is 0.142. The van der Waals surface area contributed by atoms with Crippen molar-refractivity contribution >= 4 is 11.9 Å². The lowest BCUT2D eigenvalue weighted by Crippen LogP contribution is -2.58. The second-order valence-corrected chi connectivity index (χ2v) is 7.11. The van der Waals surface area contributed by atoms with Gasteiger partial charge in [-0.15, -0.1) is 0 Å². The molecule has 1 saturated heterocycles. The average molecular weight is 307 g/mol. The number of rotatable bonds is 1. The van der Waals surface area contributed by atoms with Crippen LogP contribution in [-0.2, 0) is 4.74 Å². The molecular formula is C16H22FN3O2. The molecule has 0 unspecified atom stereocenters. The number of halogens is 1. The highest BCUT2D eigenvalue weighted by Gasteiger charge is 2.54. The van der Waals surface area contributed by atoms with E-state index in [0.29, 0.717) is 13.1 Å². The van der Waals surface area contributed by atoms with E-state index in [1.807, 2.05) is 25.7 Å². The molecule has 2 aliphatic rings.